The van der Waals surface area contributed by atoms with Crippen molar-refractivity contribution in [3.63, 3.8) is 0 Å². The molecular weight excluding hydrogens is 322 g/mol. The Morgan fingerprint density at radius 1 is 1.15 bits per heavy atom. The number of nitrogens with one attached hydrogen (secondary N) is 1. The number of rotatable bonds is 5. The molecule has 1 amide bonds. The van der Waals surface area contributed by atoms with E-state index < -0.39 is 0 Å². The molecule has 26 heavy (non-hydrogen) atoms. The van der Waals surface area contributed by atoms with Gasteiger partial charge in [-0.3, -0.25) is 4.79 Å². The summed E-state index contributed by atoms with van der Waals surface area (Å²) < 4.78 is 1.94. The van der Waals surface area contributed by atoms with Crippen molar-refractivity contribution >= 4 is 12.0 Å². The molecule has 132 valence electrons. The summed E-state index contributed by atoms with van der Waals surface area (Å²) in [6, 6.07) is 14.2. The summed E-state index contributed by atoms with van der Waals surface area (Å²) in [7, 11) is 0. The van der Waals surface area contributed by atoms with Gasteiger partial charge >= 0.3 is 0 Å². The van der Waals surface area contributed by atoms with Crippen molar-refractivity contribution in [2.75, 3.05) is 0 Å². The van der Waals surface area contributed by atoms with Crippen molar-refractivity contribution in [3.8, 4) is 5.69 Å². The maximum atomic E-state index is 12.2. The van der Waals surface area contributed by atoms with E-state index in [-0.39, 0.29) is 11.9 Å². The molecule has 0 radical (unpaired) electrons. The monoisotopic (exact) mass is 345 g/mol. The van der Waals surface area contributed by atoms with Crippen molar-refractivity contribution in [2.45, 2.75) is 26.8 Å². The van der Waals surface area contributed by atoms with Gasteiger partial charge in [0.25, 0.3) is 0 Å². The second-order valence-electron chi connectivity index (χ2n) is 6.49. The van der Waals surface area contributed by atoms with Crippen LogP contribution in [0.25, 0.3) is 11.8 Å². The number of imidazole rings is 1. The van der Waals surface area contributed by atoms with Gasteiger partial charge in [0.15, 0.2) is 0 Å². The molecule has 1 N–H and O–H groups in total. The molecule has 0 aliphatic heterocycles. The first-order valence-electron chi connectivity index (χ1n) is 8.67. The lowest BCUT2D eigenvalue weighted by Gasteiger charge is -2.14. The third-order valence-electron chi connectivity index (χ3n) is 4.39. The van der Waals surface area contributed by atoms with Gasteiger partial charge < -0.3 is 9.88 Å². The quantitative estimate of drug-likeness (QED) is 0.698. The van der Waals surface area contributed by atoms with Crippen LogP contribution in [0.3, 0.4) is 0 Å². The van der Waals surface area contributed by atoms with Gasteiger partial charge in [0.1, 0.15) is 0 Å². The molecule has 0 aliphatic carbocycles. The molecule has 1 heterocycles. The van der Waals surface area contributed by atoms with E-state index in [1.54, 1.807) is 18.6 Å². The molecule has 3 rings (SSSR count). The fourth-order valence-electron chi connectivity index (χ4n) is 2.87. The van der Waals surface area contributed by atoms with Gasteiger partial charge in [-0.2, -0.15) is 0 Å². The van der Waals surface area contributed by atoms with Crippen LogP contribution < -0.4 is 5.32 Å². The molecule has 1 atom stereocenters. The van der Waals surface area contributed by atoms with Gasteiger partial charge in [-0.25, -0.2) is 4.98 Å². The molecule has 0 spiro atoms. The van der Waals surface area contributed by atoms with Crippen LogP contribution in [0.15, 0.2) is 67.3 Å². The van der Waals surface area contributed by atoms with Crippen LogP contribution >= 0.6 is 0 Å². The SMILES string of the molecule is Cc1ccc(/C=C\C(=O)N[C@@H](C)c2ccc(-n3ccnc3)cc2)c(C)c1. The Hall–Kier alpha value is -3.14. The first-order chi connectivity index (χ1) is 12.5. The molecule has 0 fully saturated rings. The average Bonchev–Trinajstić information content (AvgIpc) is 3.16. The highest BCUT2D eigenvalue weighted by Crippen LogP contribution is 2.16. The minimum Gasteiger partial charge on any atom is -0.346 e. The Bertz CT molecular complexity index is 909. The number of nitrogens with zero attached hydrogens (tertiary/aromatic N) is 2. The van der Waals surface area contributed by atoms with E-state index in [1.807, 2.05) is 54.1 Å². The molecule has 4 nitrogen and oxygen atoms in total. The normalized spacial score (nSPS) is 12.3. The van der Waals surface area contributed by atoms with Gasteiger partial charge in [-0.1, -0.05) is 35.9 Å². The van der Waals surface area contributed by atoms with E-state index >= 15 is 0 Å². The maximum absolute atomic E-state index is 12.2. The summed E-state index contributed by atoms with van der Waals surface area (Å²) in [6.45, 7) is 6.09. The van der Waals surface area contributed by atoms with E-state index in [4.69, 9.17) is 0 Å². The van der Waals surface area contributed by atoms with Crippen molar-refractivity contribution < 1.29 is 4.79 Å². The van der Waals surface area contributed by atoms with Crippen molar-refractivity contribution in [1.29, 1.82) is 0 Å². The van der Waals surface area contributed by atoms with Crippen LogP contribution in [-0.4, -0.2) is 15.5 Å². The second kappa shape index (κ2) is 7.83. The summed E-state index contributed by atoms with van der Waals surface area (Å²) in [6.07, 6.45) is 8.86. The summed E-state index contributed by atoms with van der Waals surface area (Å²) in [5, 5.41) is 3.01. The van der Waals surface area contributed by atoms with Gasteiger partial charge in [0.2, 0.25) is 5.91 Å². The lowest BCUT2D eigenvalue weighted by Crippen LogP contribution is -2.24. The number of aromatic nitrogens is 2. The largest absolute Gasteiger partial charge is 0.346 e. The topological polar surface area (TPSA) is 46.9 Å². The Morgan fingerprint density at radius 3 is 2.58 bits per heavy atom. The van der Waals surface area contributed by atoms with Gasteiger partial charge in [0.05, 0.1) is 12.4 Å². The molecule has 2 aromatic carbocycles. The number of hydrogen-bond donors (Lipinski definition) is 1. The highest BCUT2D eigenvalue weighted by Gasteiger charge is 2.08. The van der Waals surface area contributed by atoms with Crippen LogP contribution in [0.4, 0.5) is 0 Å². The van der Waals surface area contributed by atoms with E-state index in [0.717, 1.165) is 22.4 Å². The Balaban J connectivity index is 1.62. The highest BCUT2D eigenvalue weighted by atomic mass is 16.1. The zero-order valence-electron chi connectivity index (χ0n) is 15.3. The number of benzene rings is 2. The van der Waals surface area contributed by atoms with Crippen molar-refractivity contribution in [3.05, 3.63) is 89.5 Å². The summed E-state index contributed by atoms with van der Waals surface area (Å²) in [5.41, 5.74) is 5.54. The smallest absolute Gasteiger partial charge is 0.244 e. The molecular formula is C22H23N3O. The number of hydrogen-bond acceptors (Lipinski definition) is 2. The Labute approximate surface area is 154 Å². The van der Waals surface area contributed by atoms with E-state index in [1.165, 1.54) is 5.56 Å². The second-order valence-corrected chi connectivity index (χ2v) is 6.49. The van der Waals surface area contributed by atoms with E-state index in [2.05, 4.69) is 36.3 Å². The highest BCUT2D eigenvalue weighted by molar-refractivity contribution is 5.92. The summed E-state index contributed by atoms with van der Waals surface area (Å²) >= 11 is 0. The van der Waals surface area contributed by atoms with Crippen LogP contribution in [-0.2, 0) is 4.79 Å². The molecule has 3 aromatic rings. The average molecular weight is 345 g/mol. The van der Waals surface area contributed by atoms with Gasteiger partial charge in [-0.15, -0.1) is 0 Å². The predicted molar refractivity (Wildman–Crippen MR) is 105 cm³/mol. The first-order valence-corrected chi connectivity index (χ1v) is 8.67. The van der Waals surface area contributed by atoms with Crippen molar-refractivity contribution in [1.82, 2.24) is 14.9 Å². The standard InChI is InChI=1S/C22H23N3O/c1-16-4-5-19(17(2)14-16)8-11-22(26)24-18(3)20-6-9-21(10-7-20)25-13-12-23-15-25/h4-15,18H,1-3H3,(H,24,26)/b11-8-/t18-/m0/s1. The molecule has 0 saturated heterocycles. The zero-order chi connectivity index (χ0) is 18.5. The molecule has 0 aliphatic rings. The fraction of sp³-hybridized carbons (Fsp3) is 0.182. The lowest BCUT2D eigenvalue weighted by atomic mass is 10.1. The van der Waals surface area contributed by atoms with Gasteiger partial charge in [-0.05, 0) is 55.7 Å². The molecule has 0 saturated carbocycles. The lowest BCUT2D eigenvalue weighted by molar-refractivity contribution is -0.117. The number of carbonyl (C=O) groups is 1. The molecule has 0 unspecified atom stereocenters. The third kappa shape index (κ3) is 4.28. The maximum Gasteiger partial charge on any atom is 0.244 e. The van der Waals surface area contributed by atoms with Gasteiger partial charge in [0, 0.05) is 24.2 Å². The summed E-state index contributed by atoms with van der Waals surface area (Å²) in [4.78, 5) is 16.3. The van der Waals surface area contributed by atoms with Crippen LogP contribution in [0.1, 0.15) is 35.2 Å². The Kier molecular flexibility index (Phi) is 5.32. The van der Waals surface area contributed by atoms with E-state index in [9.17, 15) is 4.79 Å². The predicted octanol–water partition coefficient (Wildman–Crippen LogP) is 4.38. The van der Waals surface area contributed by atoms with Crippen LogP contribution in [0.5, 0.6) is 0 Å². The number of carbonyl (C=O) groups excluding carboxylic acids is 1. The van der Waals surface area contributed by atoms with E-state index in [0.29, 0.717) is 0 Å². The number of amides is 1. The minimum absolute atomic E-state index is 0.0666. The molecule has 4 heteroatoms. The van der Waals surface area contributed by atoms with Crippen molar-refractivity contribution in [2.24, 2.45) is 0 Å². The zero-order valence-corrected chi connectivity index (χ0v) is 15.3. The first kappa shape index (κ1) is 17.7. The Morgan fingerprint density at radius 2 is 1.92 bits per heavy atom. The molecule has 1 aromatic heterocycles. The number of aryl methyl sites for hydroxylation is 2. The fourth-order valence-corrected chi connectivity index (χ4v) is 2.87. The van der Waals surface area contributed by atoms with Crippen LogP contribution in [0, 0.1) is 13.8 Å². The molecule has 0 bridgehead atoms. The summed E-state index contributed by atoms with van der Waals surface area (Å²) in [5.74, 6) is -0.101. The van der Waals surface area contributed by atoms with Crippen LogP contribution in [0.2, 0.25) is 0 Å². The minimum atomic E-state index is -0.101. The third-order valence-corrected chi connectivity index (χ3v) is 4.39.